The van der Waals surface area contributed by atoms with E-state index in [0.717, 1.165) is 4.90 Å². The van der Waals surface area contributed by atoms with Crippen LogP contribution in [-0.2, 0) is 14.3 Å². The van der Waals surface area contributed by atoms with Gasteiger partial charge in [-0.2, -0.15) is 0 Å². The number of rotatable bonds is 6. The normalized spacial score (nSPS) is 13.9. The van der Waals surface area contributed by atoms with Crippen LogP contribution >= 0.6 is 34.8 Å². The Bertz CT molecular complexity index is 1050. The van der Waals surface area contributed by atoms with E-state index in [0.29, 0.717) is 0 Å². The molecule has 0 bridgehead atoms. The topological polar surface area (TPSA) is 92.8 Å². The van der Waals surface area contributed by atoms with Crippen LogP contribution in [0.25, 0.3) is 0 Å². The Morgan fingerprint density at radius 2 is 1.52 bits per heavy atom. The summed E-state index contributed by atoms with van der Waals surface area (Å²) >= 11 is 17.8. The van der Waals surface area contributed by atoms with Gasteiger partial charge in [0.15, 0.2) is 6.61 Å². The maximum atomic E-state index is 12.7. The standard InChI is InChI=1S/C21H17Cl3N2O5/c1-10(2)18(26-19(28)11-5-3-4-6-12(11)20(26)29)21(30)31-9-17(27)25-16-8-14(23)13(22)7-15(16)24/h3-8,10,18H,9H2,1-2H3,(H,25,27)/t18-/m1/s1. The SMILES string of the molecule is CC(C)[C@H](C(=O)OCC(=O)Nc1cc(Cl)c(Cl)cc1Cl)N1C(=O)c2ccccc2C1=O. The molecule has 0 unspecified atom stereocenters. The van der Waals surface area contributed by atoms with Crippen LogP contribution in [0.5, 0.6) is 0 Å². The number of anilines is 1. The molecule has 3 rings (SSSR count). The first-order valence-electron chi connectivity index (χ1n) is 9.19. The molecular formula is C21H17Cl3N2O5. The summed E-state index contributed by atoms with van der Waals surface area (Å²) in [4.78, 5) is 51.2. The lowest BCUT2D eigenvalue weighted by Crippen LogP contribution is -2.49. The lowest BCUT2D eigenvalue weighted by molar-refractivity contribution is -0.152. The van der Waals surface area contributed by atoms with Gasteiger partial charge in [0, 0.05) is 0 Å². The number of fused-ring (bicyclic) bond motifs is 1. The smallest absolute Gasteiger partial charge is 0.330 e. The second-order valence-electron chi connectivity index (χ2n) is 7.12. The molecule has 0 aliphatic carbocycles. The average Bonchev–Trinajstić information content (AvgIpc) is 2.96. The third-order valence-electron chi connectivity index (χ3n) is 4.61. The molecule has 10 heteroatoms. The predicted molar refractivity (Wildman–Crippen MR) is 117 cm³/mol. The van der Waals surface area contributed by atoms with Crippen molar-refractivity contribution in [2.45, 2.75) is 19.9 Å². The highest BCUT2D eigenvalue weighted by Gasteiger charge is 2.44. The van der Waals surface area contributed by atoms with Crippen molar-refractivity contribution in [3.8, 4) is 0 Å². The zero-order valence-corrected chi connectivity index (χ0v) is 18.7. The van der Waals surface area contributed by atoms with E-state index in [9.17, 15) is 19.2 Å². The number of esters is 1. The lowest BCUT2D eigenvalue weighted by atomic mass is 10.0. The quantitative estimate of drug-likeness (QED) is 0.372. The molecule has 0 saturated carbocycles. The number of imide groups is 1. The first kappa shape index (κ1) is 23.1. The van der Waals surface area contributed by atoms with Crippen molar-refractivity contribution in [2.75, 3.05) is 11.9 Å². The van der Waals surface area contributed by atoms with Crippen LogP contribution < -0.4 is 5.32 Å². The molecule has 31 heavy (non-hydrogen) atoms. The van der Waals surface area contributed by atoms with Crippen molar-refractivity contribution in [3.63, 3.8) is 0 Å². The van der Waals surface area contributed by atoms with Gasteiger partial charge in [0.25, 0.3) is 17.7 Å². The van der Waals surface area contributed by atoms with Crippen molar-refractivity contribution < 1.29 is 23.9 Å². The highest BCUT2D eigenvalue weighted by molar-refractivity contribution is 6.44. The molecule has 0 aromatic heterocycles. The van der Waals surface area contributed by atoms with Crippen molar-refractivity contribution in [2.24, 2.45) is 5.92 Å². The monoisotopic (exact) mass is 482 g/mol. The largest absolute Gasteiger partial charge is 0.454 e. The number of hydrogen-bond acceptors (Lipinski definition) is 5. The maximum absolute atomic E-state index is 12.7. The molecule has 162 valence electrons. The van der Waals surface area contributed by atoms with Gasteiger partial charge in [-0.05, 0) is 30.2 Å². The number of carbonyl (C=O) groups excluding carboxylic acids is 4. The van der Waals surface area contributed by atoms with Crippen LogP contribution in [0.15, 0.2) is 36.4 Å². The van der Waals surface area contributed by atoms with Gasteiger partial charge in [-0.3, -0.25) is 19.3 Å². The molecule has 0 fully saturated rings. The summed E-state index contributed by atoms with van der Waals surface area (Å²) < 4.78 is 5.10. The van der Waals surface area contributed by atoms with Crippen LogP contribution in [0.2, 0.25) is 15.1 Å². The zero-order chi connectivity index (χ0) is 22.9. The molecule has 2 aromatic carbocycles. The number of nitrogens with one attached hydrogen (secondary N) is 1. The molecule has 1 heterocycles. The number of nitrogens with zero attached hydrogens (tertiary/aromatic N) is 1. The minimum Gasteiger partial charge on any atom is -0.454 e. The van der Waals surface area contributed by atoms with Crippen molar-refractivity contribution in [1.29, 1.82) is 0 Å². The third-order valence-corrected chi connectivity index (χ3v) is 5.64. The number of ether oxygens (including phenoxy) is 1. The van der Waals surface area contributed by atoms with Crippen LogP contribution in [0.3, 0.4) is 0 Å². The molecule has 7 nitrogen and oxygen atoms in total. The van der Waals surface area contributed by atoms with Gasteiger partial charge < -0.3 is 10.1 Å². The molecule has 3 amide bonds. The second-order valence-corrected chi connectivity index (χ2v) is 8.34. The van der Waals surface area contributed by atoms with E-state index in [-0.39, 0.29) is 31.9 Å². The Balaban J connectivity index is 1.70. The van der Waals surface area contributed by atoms with E-state index >= 15 is 0 Å². The van der Waals surface area contributed by atoms with E-state index in [4.69, 9.17) is 39.5 Å². The van der Waals surface area contributed by atoms with Gasteiger partial charge in [-0.25, -0.2) is 4.79 Å². The van der Waals surface area contributed by atoms with Gasteiger partial charge in [-0.1, -0.05) is 60.8 Å². The van der Waals surface area contributed by atoms with E-state index in [1.165, 1.54) is 24.3 Å². The second kappa shape index (κ2) is 9.26. The molecule has 0 saturated heterocycles. The molecule has 1 aliphatic heterocycles. The van der Waals surface area contributed by atoms with E-state index in [1.54, 1.807) is 26.0 Å². The summed E-state index contributed by atoms with van der Waals surface area (Å²) in [5.41, 5.74) is 0.633. The molecule has 1 atom stereocenters. The average molecular weight is 484 g/mol. The summed E-state index contributed by atoms with van der Waals surface area (Å²) in [6.45, 7) is 2.69. The van der Waals surface area contributed by atoms with Crippen LogP contribution in [0.1, 0.15) is 34.6 Å². The van der Waals surface area contributed by atoms with Crippen LogP contribution in [0, 0.1) is 5.92 Å². The van der Waals surface area contributed by atoms with E-state index in [2.05, 4.69) is 5.32 Å². The fourth-order valence-electron chi connectivity index (χ4n) is 3.16. The lowest BCUT2D eigenvalue weighted by Gasteiger charge is -2.27. The van der Waals surface area contributed by atoms with E-state index in [1.807, 2.05) is 0 Å². The third kappa shape index (κ3) is 4.69. The van der Waals surface area contributed by atoms with Crippen LogP contribution in [0.4, 0.5) is 5.69 Å². The molecular weight excluding hydrogens is 467 g/mol. The Morgan fingerprint density at radius 1 is 0.968 bits per heavy atom. The number of hydrogen-bond donors (Lipinski definition) is 1. The minimum absolute atomic E-state index is 0.153. The van der Waals surface area contributed by atoms with Crippen molar-refractivity contribution in [1.82, 2.24) is 4.90 Å². The fourth-order valence-corrected chi connectivity index (χ4v) is 3.76. The highest BCUT2D eigenvalue weighted by Crippen LogP contribution is 2.32. The fraction of sp³-hybridized carbons (Fsp3) is 0.238. The number of carbonyl (C=O) groups is 4. The molecule has 1 N–H and O–H groups in total. The number of benzene rings is 2. The summed E-state index contributed by atoms with van der Waals surface area (Å²) in [5, 5.41) is 3.02. The maximum Gasteiger partial charge on any atom is 0.330 e. The van der Waals surface area contributed by atoms with Gasteiger partial charge >= 0.3 is 5.97 Å². The minimum atomic E-state index is -1.19. The predicted octanol–water partition coefficient (Wildman–Crippen LogP) is 4.45. The van der Waals surface area contributed by atoms with Crippen molar-refractivity contribution in [3.05, 3.63) is 62.6 Å². The zero-order valence-electron chi connectivity index (χ0n) is 16.4. The molecule has 0 spiro atoms. The van der Waals surface area contributed by atoms with Gasteiger partial charge in [0.1, 0.15) is 6.04 Å². The number of amides is 3. The highest BCUT2D eigenvalue weighted by atomic mass is 35.5. The van der Waals surface area contributed by atoms with Crippen LogP contribution in [-0.4, -0.2) is 41.2 Å². The van der Waals surface area contributed by atoms with Gasteiger partial charge in [0.2, 0.25) is 0 Å². The summed E-state index contributed by atoms with van der Waals surface area (Å²) in [6.07, 6.45) is 0. The Labute approximate surface area is 193 Å². The van der Waals surface area contributed by atoms with Gasteiger partial charge in [0.05, 0.1) is 31.9 Å². The summed E-state index contributed by atoms with van der Waals surface area (Å²) in [5.74, 6) is -3.16. The van der Waals surface area contributed by atoms with Gasteiger partial charge in [-0.15, -0.1) is 0 Å². The summed E-state index contributed by atoms with van der Waals surface area (Å²) in [7, 11) is 0. The molecule has 0 radical (unpaired) electrons. The van der Waals surface area contributed by atoms with E-state index < -0.39 is 42.3 Å². The Hall–Kier alpha value is -2.61. The summed E-state index contributed by atoms with van der Waals surface area (Å²) in [6, 6.07) is 7.85. The number of halogens is 3. The molecule has 1 aliphatic rings. The first-order valence-corrected chi connectivity index (χ1v) is 10.3. The Morgan fingerprint density at radius 3 is 2.06 bits per heavy atom. The first-order chi connectivity index (χ1) is 14.6. The van der Waals surface area contributed by atoms with Crippen molar-refractivity contribution >= 4 is 64.2 Å². The Kier molecular flexibility index (Phi) is 6.89. The molecule has 2 aromatic rings.